The maximum absolute atomic E-state index is 12.3. The molecule has 1 atom stereocenters. The van der Waals surface area contributed by atoms with Crippen LogP contribution in [0.3, 0.4) is 0 Å². The maximum Gasteiger partial charge on any atom is 0.238 e. The number of hydrogen-bond acceptors (Lipinski definition) is 2. The van der Waals surface area contributed by atoms with Crippen molar-refractivity contribution in [3.63, 3.8) is 0 Å². The summed E-state index contributed by atoms with van der Waals surface area (Å²) >= 11 is 0. The van der Waals surface area contributed by atoms with Crippen LogP contribution in [0.25, 0.3) is 0 Å². The van der Waals surface area contributed by atoms with Gasteiger partial charge in [0.05, 0.1) is 6.54 Å². The van der Waals surface area contributed by atoms with Crippen LogP contribution in [0.5, 0.6) is 0 Å². The molecule has 0 unspecified atom stereocenters. The van der Waals surface area contributed by atoms with Crippen LogP contribution in [0.1, 0.15) is 63.3 Å². The molecule has 0 fully saturated rings. The normalized spacial score (nSPS) is 12.4. The third-order valence-electron chi connectivity index (χ3n) is 4.55. The van der Waals surface area contributed by atoms with Crippen molar-refractivity contribution < 1.29 is 4.79 Å². The van der Waals surface area contributed by atoms with Crippen LogP contribution in [0.15, 0.2) is 48.5 Å². The second kappa shape index (κ2) is 9.54. The molecule has 0 aliphatic carbocycles. The summed E-state index contributed by atoms with van der Waals surface area (Å²) in [6.07, 6.45) is 1.10. The number of nitrogens with one attached hydrogen (secondary N) is 2. The van der Waals surface area contributed by atoms with Crippen molar-refractivity contribution in [2.75, 3.05) is 11.9 Å². The van der Waals surface area contributed by atoms with Gasteiger partial charge in [-0.2, -0.15) is 0 Å². The molecule has 2 rings (SSSR count). The highest BCUT2D eigenvalue weighted by Crippen LogP contribution is 2.23. The van der Waals surface area contributed by atoms with Crippen LogP contribution in [-0.4, -0.2) is 12.5 Å². The van der Waals surface area contributed by atoms with E-state index < -0.39 is 0 Å². The van der Waals surface area contributed by atoms with Crippen molar-refractivity contribution in [3.05, 3.63) is 65.2 Å². The molecule has 0 aromatic heterocycles. The molecule has 2 aromatic carbocycles. The zero-order valence-electron chi connectivity index (χ0n) is 16.7. The van der Waals surface area contributed by atoms with Gasteiger partial charge in [-0.1, -0.05) is 70.2 Å². The largest absolute Gasteiger partial charge is 0.325 e. The first kappa shape index (κ1) is 20.2. The van der Waals surface area contributed by atoms with E-state index in [1.165, 1.54) is 11.1 Å². The smallest absolute Gasteiger partial charge is 0.238 e. The van der Waals surface area contributed by atoms with Gasteiger partial charge < -0.3 is 10.6 Å². The lowest BCUT2D eigenvalue weighted by Crippen LogP contribution is -2.30. The Hall–Kier alpha value is -2.13. The molecule has 0 aliphatic heterocycles. The SMILES string of the molecule is CC(C)Cc1ccc([C@@H](C)NCC(=O)Nc2ccccc2C(C)C)cc1. The summed E-state index contributed by atoms with van der Waals surface area (Å²) in [5.74, 6) is 1.03. The average Bonchev–Trinajstić information content (AvgIpc) is 2.60. The Morgan fingerprint density at radius 3 is 2.19 bits per heavy atom. The number of anilines is 1. The summed E-state index contributed by atoms with van der Waals surface area (Å²) < 4.78 is 0. The molecular formula is C23H32N2O. The molecule has 0 heterocycles. The summed E-state index contributed by atoms with van der Waals surface area (Å²) in [5.41, 5.74) is 4.63. The van der Waals surface area contributed by atoms with E-state index in [4.69, 9.17) is 0 Å². The van der Waals surface area contributed by atoms with Crippen LogP contribution in [0, 0.1) is 5.92 Å². The van der Waals surface area contributed by atoms with Crippen LogP contribution in [0.2, 0.25) is 0 Å². The molecule has 26 heavy (non-hydrogen) atoms. The van der Waals surface area contributed by atoms with Crippen LogP contribution >= 0.6 is 0 Å². The molecule has 2 N–H and O–H groups in total. The summed E-state index contributed by atoms with van der Waals surface area (Å²) in [4.78, 5) is 12.3. The Balaban J connectivity index is 1.89. The van der Waals surface area contributed by atoms with Gasteiger partial charge in [0, 0.05) is 11.7 Å². The van der Waals surface area contributed by atoms with E-state index in [9.17, 15) is 4.79 Å². The Labute approximate surface area is 158 Å². The lowest BCUT2D eigenvalue weighted by Gasteiger charge is -2.17. The maximum atomic E-state index is 12.3. The number of benzene rings is 2. The highest BCUT2D eigenvalue weighted by molar-refractivity contribution is 5.93. The van der Waals surface area contributed by atoms with Gasteiger partial charge in [-0.15, -0.1) is 0 Å². The van der Waals surface area contributed by atoms with Crippen LogP contribution in [-0.2, 0) is 11.2 Å². The molecule has 3 heteroatoms. The molecule has 0 saturated heterocycles. The van der Waals surface area contributed by atoms with Gasteiger partial charge in [0.25, 0.3) is 0 Å². The van der Waals surface area contributed by atoms with E-state index in [1.54, 1.807) is 0 Å². The summed E-state index contributed by atoms with van der Waals surface area (Å²) in [7, 11) is 0. The van der Waals surface area contributed by atoms with Gasteiger partial charge in [-0.05, 0) is 47.9 Å². The lowest BCUT2D eigenvalue weighted by molar-refractivity contribution is -0.115. The number of rotatable bonds is 8. The standard InChI is InChI=1S/C23H32N2O/c1-16(2)14-19-10-12-20(13-11-19)18(5)24-15-23(26)25-22-9-7-6-8-21(22)17(3)4/h6-13,16-18,24H,14-15H2,1-5H3,(H,25,26)/t18-/m1/s1. The van der Waals surface area contributed by atoms with Gasteiger partial charge in [0.2, 0.25) is 5.91 Å². The summed E-state index contributed by atoms with van der Waals surface area (Å²) in [6.45, 7) is 11.1. The molecule has 0 spiro atoms. The summed E-state index contributed by atoms with van der Waals surface area (Å²) in [6, 6.07) is 16.8. The molecule has 0 aliphatic rings. The third-order valence-corrected chi connectivity index (χ3v) is 4.55. The van der Waals surface area contributed by atoms with Crippen molar-refractivity contribution in [2.45, 2.75) is 53.0 Å². The van der Waals surface area contributed by atoms with E-state index in [-0.39, 0.29) is 11.9 Å². The van der Waals surface area contributed by atoms with Gasteiger partial charge in [-0.25, -0.2) is 0 Å². The van der Waals surface area contributed by atoms with E-state index in [2.05, 4.69) is 75.6 Å². The average molecular weight is 353 g/mol. The second-order valence-electron chi connectivity index (χ2n) is 7.73. The minimum Gasteiger partial charge on any atom is -0.325 e. The highest BCUT2D eigenvalue weighted by Gasteiger charge is 2.11. The number of carbonyl (C=O) groups excluding carboxylic acids is 1. The Kier molecular flexibility index (Phi) is 7.40. The first-order valence-electron chi connectivity index (χ1n) is 9.57. The molecule has 3 nitrogen and oxygen atoms in total. The van der Waals surface area contributed by atoms with Gasteiger partial charge in [0.15, 0.2) is 0 Å². The molecular weight excluding hydrogens is 320 g/mol. The minimum absolute atomic E-state index is 0.0126. The van der Waals surface area contributed by atoms with Crippen molar-refractivity contribution in [1.82, 2.24) is 5.32 Å². The zero-order chi connectivity index (χ0) is 19.1. The van der Waals surface area contributed by atoms with Crippen LogP contribution in [0.4, 0.5) is 5.69 Å². The van der Waals surface area contributed by atoms with E-state index in [1.807, 2.05) is 18.2 Å². The predicted molar refractivity (Wildman–Crippen MR) is 111 cm³/mol. The molecule has 0 bridgehead atoms. The summed E-state index contributed by atoms with van der Waals surface area (Å²) in [5, 5.41) is 6.34. The number of para-hydroxylation sites is 1. The van der Waals surface area contributed by atoms with E-state index >= 15 is 0 Å². The molecule has 0 saturated carbocycles. The van der Waals surface area contributed by atoms with Gasteiger partial charge in [-0.3, -0.25) is 4.79 Å². The highest BCUT2D eigenvalue weighted by atomic mass is 16.1. The fourth-order valence-corrected chi connectivity index (χ4v) is 3.09. The number of carbonyl (C=O) groups is 1. The topological polar surface area (TPSA) is 41.1 Å². The predicted octanol–water partition coefficient (Wildman–Crippen LogP) is 5.30. The zero-order valence-corrected chi connectivity index (χ0v) is 16.7. The number of hydrogen-bond donors (Lipinski definition) is 2. The van der Waals surface area contributed by atoms with Crippen molar-refractivity contribution in [1.29, 1.82) is 0 Å². The fourth-order valence-electron chi connectivity index (χ4n) is 3.09. The Morgan fingerprint density at radius 2 is 1.58 bits per heavy atom. The van der Waals surface area contributed by atoms with E-state index in [0.29, 0.717) is 18.4 Å². The van der Waals surface area contributed by atoms with Crippen LogP contribution < -0.4 is 10.6 Å². The molecule has 1 amide bonds. The third kappa shape index (κ3) is 5.99. The molecule has 2 aromatic rings. The fraction of sp³-hybridized carbons (Fsp3) is 0.435. The van der Waals surface area contributed by atoms with Gasteiger partial charge in [0.1, 0.15) is 0 Å². The minimum atomic E-state index is -0.0126. The Morgan fingerprint density at radius 1 is 0.923 bits per heavy atom. The van der Waals surface area contributed by atoms with Crippen molar-refractivity contribution >= 4 is 11.6 Å². The lowest BCUT2D eigenvalue weighted by atomic mass is 10.00. The van der Waals surface area contributed by atoms with Crippen molar-refractivity contribution in [3.8, 4) is 0 Å². The number of amides is 1. The first-order valence-corrected chi connectivity index (χ1v) is 9.57. The second-order valence-corrected chi connectivity index (χ2v) is 7.73. The molecule has 140 valence electrons. The Bertz CT molecular complexity index is 704. The van der Waals surface area contributed by atoms with Crippen molar-refractivity contribution in [2.24, 2.45) is 5.92 Å². The quantitative estimate of drug-likeness (QED) is 0.677. The first-order chi connectivity index (χ1) is 12.4. The van der Waals surface area contributed by atoms with E-state index in [0.717, 1.165) is 17.7 Å². The monoisotopic (exact) mass is 352 g/mol. The molecule has 0 radical (unpaired) electrons. The van der Waals surface area contributed by atoms with Gasteiger partial charge >= 0.3 is 0 Å².